The van der Waals surface area contributed by atoms with Gasteiger partial charge in [-0.15, -0.1) is 23.5 Å². The first kappa shape index (κ1) is 18.1. The molecule has 0 amide bonds. The van der Waals surface area contributed by atoms with Crippen LogP contribution in [0.5, 0.6) is 5.75 Å². The number of furan rings is 1. The molecular formula is C22H21NO3S2. The number of nitrogens with zero attached hydrogens (tertiary/aromatic N) is 1. The van der Waals surface area contributed by atoms with Crippen molar-refractivity contribution in [3.63, 3.8) is 0 Å². The molecule has 0 unspecified atom stereocenters. The van der Waals surface area contributed by atoms with Crippen LogP contribution in [-0.2, 0) is 10.5 Å². The van der Waals surface area contributed by atoms with E-state index in [0.717, 1.165) is 53.2 Å². The number of carbonyl (C=O) groups excluding carboxylic acids is 1. The second kappa shape index (κ2) is 6.85. The summed E-state index contributed by atoms with van der Waals surface area (Å²) >= 11 is 3.99. The lowest BCUT2D eigenvalue weighted by Crippen LogP contribution is -2.21. The summed E-state index contributed by atoms with van der Waals surface area (Å²) in [6.07, 6.45) is 3.12. The maximum absolute atomic E-state index is 13.0. The second-order valence-electron chi connectivity index (χ2n) is 7.33. The first-order valence-corrected chi connectivity index (χ1v) is 11.5. The van der Waals surface area contributed by atoms with E-state index in [1.54, 1.807) is 6.07 Å². The third-order valence-electron chi connectivity index (χ3n) is 5.47. The van der Waals surface area contributed by atoms with Crippen molar-refractivity contribution in [1.82, 2.24) is 4.98 Å². The summed E-state index contributed by atoms with van der Waals surface area (Å²) in [5, 5.41) is 0.948. The quantitative estimate of drug-likeness (QED) is 0.402. The Hall–Kier alpha value is -1.92. The summed E-state index contributed by atoms with van der Waals surface area (Å²) < 4.78 is 11.9. The Bertz CT molecular complexity index is 1080. The number of aromatic nitrogens is 1. The van der Waals surface area contributed by atoms with Gasteiger partial charge in [-0.05, 0) is 38.8 Å². The number of aryl methyl sites for hydroxylation is 2. The van der Waals surface area contributed by atoms with Crippen LogP contribution < -0.4 is 4.74 Å². The van der Waals surface area contributed by atoms with Crippen LogP contribution in [0.1, 0.15) is 46.0 Å². The molecule has 1 aliphatic heterocycles. The van der Waals surface area contributed by atoms with Crippen LogP contribution in [0.25, 0.3) is 10.9 Å². The molecule has 1 fully saturated rings. The smallest absolute Gasteiger partial charge is 0.379 e. The molecule has 144 valence electrons. The number of para-hydroxylation sites is 1. The van der Waals surface area contributed by atoms with E-state index in [2.05, 4.69) is 4.98 Å². The molecule has 0 saturated carbocycles. The summed E-state index contributed by atoms with van der Waals surface area (Å²) in [7, 11) is 0. The predicted octanol–water partition coefficient (Wildman–Crippen LogP) is 5.63. The molecular weight excluding hydrogens is 390 g/mol. The molecule has 1 spiro atoms. The van der Waals surface area contributed by atoms with E-state index in [4.69, 9.17) is 9.15 Å². The molecule has 6 heteroatoms. The highest BCUT2D eigenvalue weighted by molar-refractivity contribution is 8.20. The van der Waals surface area contributed by atoms with E-state index in [1.165, 1.54) is 5.56 Å². The number of hydrogen-bond donors (Lipinski definition) is 0. The van der Waals surface area contributed by atoms with Gasteiger partial charge in [0.25, 0.3) is 0 Å². The number of rotatable bonds is 2. The monoisotopic (exact) mass is 411 g/mol. The van der Waals surface area contributed by atoms with Gasteiger partial charge in [0.15, 0.2) is 5.75 Å². The van der Waals surface area contributed by atoms with Crippen LogP contribution in [0.3, 0.4) is 0 Å². The van der Waals surface area contributed by atoms with Crippen LogP contribution in [0.15, 0.2) is 34.7 Å². The number of benzene rings is 1. The zero-order chi connectivity index (χ0) is 19.3. The lowest BCUT2D eigenvalue weighted by Gasteiger charge is -2.31. The molecule has 2 aliphatic rings. The van der Waals surface area contributed by atoms with Gasteiger partial charge in [0.05, 0.1) is 4.08 Å². The Balaban J connectivity index is 1.52. The largest absolute Gasteiger partial charge is 0.453 e. The standard InChI is InChI=1S/C22H21NO3S2/c1-13-8-9-15-5-3-6-17(19(15)23-13)26-21(24)20-14(2)18-16(25-20)7-4-10-22(18)27-11-12-28-22/h3,5-6,8-9H,4,7,10-12H2,1-2H3. The minimum Gasteiger partial charge on any atom is -0.453 e. The molecule has 0 atom stereocenters. The molecule has 1 aliphatic carbocycles. The molecule has 0 radical (unpaired) electrons. The van der Waals surface area contributed by atoms with Crippen LogP contribution in [0, 0.1) is 13.8 Å². The van der Waals surface area contributed by atoms with E-state index >= 15 is 0 Å². The number of fused-ring (bicyclic) bond motifs is 3. The van der Waals surface area contributed by atoms with Crippen molar-refractivity contribution in [2.75, 3.05) is 11.5 Å². The van der Waals surface area contributed by atoms with Gasteiger partial charge >= 0.3 is 5.97 Å². The number of esters is 1. The topological polar surface area (TPSA) is 52.3 Å². The molecule has 0 bridgehead atoms. The van der Waals surface area contributed by atoms with Crippen LogP contribution >= 0.6 is 23.5 Å². The average Bonchev–Trinajstić information content (AvgIpc) is 3.28. The Labute approximate surface area is 172 Å². The van der Waals surface area contributed by atoms with Gasteiger partial charge in [-0.1, -0.05) is 18.2 Å². The number of carbonyl (C=O) groups is 1. The average molecular weight is 412 g/mol. The van der Waals surface area contributed by atoms with E-state index in [1.807, 2.05) is 61.6 Å². The summed E-state index contributed by atoms with van der Waals surface area (Å²) in [5.41, 5.74) is 3.75. The van der Waals surface area contributed by atoms with Gasteiger partial charge < -0.3 is 9.15 Å². The molecule has 5 rings (SSSR count). The minimum absolute atomic E-state index is 0.0534. The SMILES string of the molecule is Cc1ccc2cccc(OC(=O)c3oc4c(c3C)C3(CCC4)SCCS3)c2n1. The number of hydrogen-bond acceptors (Lipinski definition) is 6. The normalized spacial score (nSPS) is 17.8. The summed E-state index contributed by atoms with van der Waals surface area (Å²) in [5.74, 6) is 3.63. The first-order valence-electron chi connectivity index (χ1n) is 9.57. The van der Waals surface area contributed by atoms with E-state index in [0.29, 0.717) is 17.0 Å². The van der Waals surface area contributed by atoms with E-state index in [9.17, 15) is 4.79 Å². The highest BCUT2D eigenvalue weighted by Crippen LogP contribution is 2.59. The van der Waals surface area contributed by atoms with E-state index in [-0.39, 0.29) is 4.08 Å². The summed E-state index contributed by atoms with van der Waals surface area (Å²) in [6, 6.07) is 9.57. The number of pyridine rings is 1. The van der Waals surface area contributed by atoms with Crippen molar-refractivity contribution in [1.29, 1.82) is 0 Å². The fraction of sp³-hybridized carbons (Fsp3) is 0.364. The summed E-state index contributed by atoms with van der Waals surface area (Å²) in [6.45, 7) is 3.93. The van der Waals surface area contributed by atoms with Gasteiger partial charge in [-0.25, -0.2) is 9.78 Å². The van der Waals surface area contributed by atoms with Crippen LogP contribution in [0.2, 0.25) is 0 Å². The van der Waals surface area contributed by atoms with Gasteiger partial charge in [-0.3, -0.25) is 0 Å². The Morgan fingerprint density at radius 3 is 2.82 bits per heavy atom. The molecule has 1 saturated heterocycles. The predicted molar refractivity (Wildman–Crippen MR) is 114 cm³/mol. The van der Waals surface area contributed by atoms with Crippen molar-refractivity contribution < 1.29 is 13.9 Å². The molecule has 0 N–H and O–H groups in total. The lowest BCUT2D eigenvalue weighted by molar-refractivity contribution is 0.0700. The fourth-order valence-corrected chi connectivity index (χ4v) is 7.80. The first-order chi connectivity index (χ1) is 13.6. The van der Waals surface area contributed by atoms with Crippen LogP contribution in [0.4, 0.5) is 0 Å². The maximum Gasteiger partial charge on any atom is 0.379 e. The second-order valence-corrected chi connectivity index (χ2v) is 10.4. The van der Waals surface area contributed by atoms with Crippen molar-refractivity contribution in [3.05, 3.63) is 58.7 Å². The van der Waals surface area contributed by atoms with Crippen molar-refractivity contribution in [2.45, 2.75) is 37.2 Å². The lowest BCUT2D eigenvalue weighted by atomic mass is 9.94. The maximum atomic E-state index is 13.0. The zero-order valence-corrected chi connectivity index (χ0v) is 17.5. The van der Waals surface area contributed by atoms with E-state index < -0.39 is 5.97 Å². The van der Waals surface area contributed by atoms with Crippen molar-refractivity contribution in [3.8, 4) is 5.75 Å². The molecule has 2 aromatic heterocycles. The third kappa shape index (κ3) is 2.85. The highest BCUT2D eigenvalue weighted by Gasteiger charge is 2.45. The van der Waals surface area contributed by atoms with Crippen molar-refractivity contribution in [2.24, 2.45) is 0 Å². The Morgan fingerprint density at radius 2 is 2.00 bits per heavy atom. The minimum atomic E-state index is -0.439. The molecule has 28 heavy (non-hydrogen) atoms. The van der Waals surface area contributed by atoms with Crippen LogP contribution in [-0.4, -0.2) is 22.5 Å². The molecule has 4 nitrogen and oxygen atoms in total. The fourth-order valence-electron chi connectivity index (χ4n) is 4.24. The zero-order valence-electron chi connectivity index (χ0n) is 15.9. The van der Waals surface area contributed by atoms with Gasteiger partial charge in [0.2, 0.25) is 5.76 Å². The molecule has 3 aromatic rings. The summed E-state index contributed by atoms with van der Waals surface area (Å²) in [4.78, 5) is 17.6. The van der Waals surface area contributed by atoms with Gasteiger partial charge in [0.1, 0.15) is 11.3 Å². The third-order valence-corrected chi connectivity index (χ3v) is 9.01. The molecule has 1 aromatic carbocycles. The van der Waals surface area contributed by atoms with Crippen molar-refractivity contribution >= 4 is 40.4 Å². The number of ether oxygens (including phenoxy) is 1. The number of thioether (sulfide) groups is 2. The Morgan fingerprint density at radius 1 is 1.18 bits per heavy atom. The van der Waals surface area contributed by atoms with Gasteiger partial charge in [0, 0.05) is 40.1 Å². The highest BCUT2D eigenvalue weighted by atomic mass is 32.2. The Kier molecular flexibility index (Phi) is 4.43. The molecule has 3 heterocycles. The van der Waals surface area contributed by atoms with Gasteiger partial charge in [-0.2, -0.15) is 0 Å².